The van der Waals surface area contributed by atoms with Crippen LogP contribution in [-0.4, -0.2) is 66.7 Å². The van der Waals surface area contributed by atoms with Crippen molar-refractivity contribution in [3.05, 3.63) is 29.3 Å². The minimum atomic E-state index is -1.01. The molecule has 0 aliphatic carbocycles. The first-order chi connectivity index (χ1) is 9.99. The fourth-order valence-electron chi connectivity index (χ4n) is 2.36. The van der Waals surface area contributed by atoms with E-state index in [0.29, 0.717) is 31.2 Å². The van der Waals surface area contributed by atoms with Crippen LogP contribution in [0.25, 0.3) is 0 Å². The molecule has 1 aliphatic heterocycles. The second kappa shape index (κ2) is 6.67. The van der Waals surface area contributed by atoms with Crippen molar-refractivity contribution in [1.29, 1.82) is 0 Å². The van der Waals surface area contributed by atoms with Crippen LogP contribution in [0, 0.1) is 0 Å². The zero-order chi connectivity index (χ0) is 15.4. The summed E-state index contributed by atoms with van der Waals surface area (Å²) >= 11 is 6.17. The molecule has 1 aliphatic rings. The van der Waals surface area contributed by atoms with Crippen LogP contribution in [0.3, 0.4) is 0 Å². The first kappa shape index (κ1) is 15.4. The van der Waals surface area contributed by atoms with E-state index in [1.807, 2.05) is 24.3 Å². The van der Waals surface area contributed by atoms with Crippen molar-refractivity contribution in [3.8, 4) is 0 Å². The van der Waals surface area contributed by atoms with Gasteiger partial charge in [-0.25, -0.2) is 4.79 Å². The number of carboxylic acid groups (broad SMARTS) is 1. The maximum Gasteiger partial charge on any atom is 0.323 e. The molecular weight excluding hydrogens is 294 g/mol. The number of hydrogen-bond donors (Lipinski definition) is 1. The van der Waals surface area contributed by atoms with Gasteiger partial charge in [0, 0.05) is 33.2 Å². The average Bonchev–Trinajstić information content (AvgIpc) is 2.46. The fraction of sp³-hybridized carbons (Fsp3) is 0.429. The maximum absolute atomic E-state index is 12.1. The zero-order valence-electron chi connectivity index (χ0n) is 11.8. The Labute approximate surface area is 128 Å². The summed E-state index contributed by atoms with van der Waals surface area (Å²) in [5.41, 5.74) is 0.963. The van der Waals surface area contributed by atoms with Gasteiger partial charge in [-0.2, -0.15) is 0 Å². The summed E-state index contributed by atoms with van der Waals surface area (Å²) in [6, 6.07) is 7.35. The Morgan fingerprint density at radius 1 is 1.24 bits per heavy atom. The van der Waals surface area contributed by atoms with Gasteiger partial charge in [0.1, 0.15) is 6.54 Å². The molecule has 0 radical (unpaired) electrons. The molecule has 2 rings (SSSR count). The van der Waals surface area contributed by atoms with Gasteiger partial charge >= 0.3 is 12.0 Å². The minimum Gasteiger partial charge on any atom is -0.480 e. The Kier molecular flexibility index (Phi) is 4.90. The van der Waals surface area contributed by atoms with E-state index in [4.69, 9.17) is 16.7 Å². The zero-order valence-corrected chi connectivity index (χ0v) is 12.6. The summed E-state index contributed by atoms with van der Waals surface area (Å²) in [6.45, 7) is 2.17. The predicted octanol–water partition coefficient (Wildman–Crippen LogP) is 1.60. The molecule has 1 aromatic rings. The van der Waals surface area contributed by atoms with E-state index in [2.05, 4.69) is 4.90 Å². The first-order valence-corrected chi connectivity index (χ1v) is 7.08. The Balaban J connectivity index is 1.93. The molecule has 2 amide bonds. The number of urea groups is 1. The molecule has 0 unspecified atom stereocenters. The number of aliphatic carboxylic acids is 1. The molecule has 7 heteroatoms. The van der Waals surface area contributed by atoms with Gasteiger partial charge in [-0.05, 0) is 12.1 Å². The number of halogens is 1. The highest BCUT2D eigenvalue weighted by Crippen LogP contribution is 2.26. The number of rotatable bonds is 3. The van der Waals surface area contributed by atoms with Crippen LogP contribution < -0.4 is 4.90 Å². The third-order valence-electron chi connectivity index (χ3n) is 3.44. The lowest BCUT2D eigenvalue weighted by Gasteiger charge is -2.37. The number of nitrogens with zero attached hydrogens (tertiary/aromatic N) is 3. The van der Waals surface area contributed by atoms with Gasteiger partial charge in [0.05, 0.1) is 10.7 Å². The molecule has 1 fully saturated rings. The van der Waals surface area contributed by atoms with E-state index < -0.39 is 5.97 Å². The molecule has 1 N–H and O–H groups in total. The standard InChI is InChI=1S/C14H18ClN3O3/c1-16(10-13(19)20)14(21)18-8-6-17(7-9-18)12-5-3-2-4-11(12)15/h2-5H,6-10H2,1H3,(H,19,20). The number of para-hydroxylation sites is 1. The molecule has 1 saturated heterocycles. The second-order valence-corrected chi connectivity index (χ2v) is 5.37. The Morgan fingerprint density at radius 2 is 1.86 bits per heavy atom. The van der Waals surface area contributed by atoms with Crippen LogP contribution in [-0.2, 0) is 4.79 Å². The monoisotopic (exact) mass is 311 g/mol. The average molecular weight is 312 g/mol. The van der Waals surface area contributed by atoms with Crippen LogP contribution in [0.4, 0.5) is 10.5 Å². The number of anilines is 1. The van der Waals surface area contributed by atoms with Gasteiger partial charge in [-0.15, -0.1) is 0 Å². The van der Waals surface area contributed by atoms with E-state index in [1.165, 1.54) is 11.9 Å². The molecule has 0 atom stereocenters. The van der Waals surface area contributed by atoms with Gasteiger partial charge in [0.2, 0.25) is 0 Å². The smallest absolute Gasteiger partial charge is 0.323 e. The van der Waals surface area contributed by atoms with Crippen molar-refractivity contribution in [2.75, 3.05) is 44.7 Å². The van der Waals surface area contributed by atoms with Crippen LogP contribution in [0.5, 0.6) is 0 Å². The van der Waals surface area contributed by atoms with Crippen molar-refractivity contribution in [1.82, 2.24) is 9.80 Å². The van der Waals surface area contributed by atoms with Gasteiger partial charge in [-0.3, -0.25) is 4.79 Å². The molecule has 1 aromatic carbocycles. The highest BCUT2D eigenvalue weighted by Gasteiger charge is 2.25. The van der Waals surface area contributed by atoms with Crippen LogP contribution >= 0.6 is 11.6 Å². The van der Waals surface area contributed by atoms with Crippen molar-refractivity contribution >= 4 is 29.3 Å². The highest BCUT2D eigenvalue weighted by molar-refractivity contribution is 6.33. The van der Waals surface area contributed by atoms with E-state index in [0.717, 1.165) is 5.69 Å². The SMILES string of the molecule is CN(CC(=O)O)C(=O)N1CCN(c2ccccc2Cl)CC1. The number of carbonyl (C=O) groups excluding carboxylic acids is 1. The molecule has 0 saturated carbocycles. The number of carboxylic acids is 1. The Hall–Kier alpha value is -1.95. The summed E-state index contributed by atoms with van der Waals surface area (Å²) in [6.07, 6.45) is 0. The normalized spacial score (nSPS) is 15.0. The quantitative estimate of drug-likeness (QED) is 0.921. The maximum atomic E-state index is 12.1. The lowest BCUT2D eigenvalue weighted by molar-refractivity contribution is -0.137. The van der Waals surface area contributed by atoms with Gasteiger partial charge < -0.3 is 19.8 Å². The summed E-state index contributed by atoms with van der Waals surface area (Å²) < 4.78 is 0. The van der Waals surface area contributed by atoms with Gasteiger partial charge in [0.25, 0.3) is 0 Å². The number of likely N-dealkylation sites (N-methyl/N-ethyl adjacent to an activating group) is 1. The summed E-state index contributed by atoms with van der Waals surface area (Å²) in [7, 11) is 1.50. The molecule has 0 aromatic heterocycles. The van der Waals surface area contributed by atoms with Crippen LogP contribution in [0.1, 0.15) is 0 Å². The summed E-state index contributed by atoms with van der Waals surface area (Å²) in [4.78, 5) is 27.7. The lowest BCUT2D eigenvalue weighted by Crippen LogP contribution is -2.52. The lowest BCUT2D eigenvalue weighted by atomic mass is 10.2. The third-order valence-corrected chi connectivity index (χ3v) is 3.76. The van der Waals surface area contributed by atoms with Crippen molar-refractivity contribution in [2.24, 2.45) is 0 Å². The molecule has 1 heterocycles. The van der Waals surface area contributed by atoms with Gasteiger partial charge in [0.15, 0.2) is 0 Å². The van der Waals surface area contributed by atoms with Crippen molar-refractivity contribution < 1.29 is 14.7 Å². The predicted molar refractivity (Wildman–Crippen MR) is 80.9 cm³/mol. The number of benzene rings is 1. The molecule has 114 valence electrons. The van der Waals surface area contributed by atoms with Crippen LogP contribution in [0.15, 0.2) is 24.3 Å². The Morgan fingerprint density at radius 3 is 2.43 bits per heavy atom. The molecule has 21 heavy (non-hydrogen) atoms. The van der Waals surface area contributed by atoms with E-state index in [9.17, 15) is 9.59 Å². The summed E-state index contributed by atoms with van der Waals surface area (Å²) in [5.74, 6) is -1.01. The van der Waals surface area contributed by atoms with E-state index in [1.54, 1.807) is 4.90 Å². The first-order valence-electron chi connectivity index (χ1n) is 6.70. The Bertz CT molecular complexity index is 530. The molecule has 6 nitrogen and oxygen atoms in total. The van der Waals surface area contributed by atoms with Crippen LogP contribution in [0.2, 0.25) is 5.02 Å². The topological polar surface area (TPSA) is 64.1 Å². The fourth-order valence-corrected chi connectivity index (χ4v) is 2.61. The van der Waals surface area contributed by atoms with Crippen molar-refractivity contribution in [2.45, 2.75) is 0 Å². The van der Waals surface area contributed by atoms with Gasteiger partial charge in [-0.1, -0.05) is 23.7 Å². The number of carbonyl (C=O) groups is 2. The molecule has 0 bridgehead atoms. The molecular formula is C14H18ClN3O3. The van der Waals surface area contributed by atoms with E-state index in [-0.39, 0.29) is 12.6 Å². The van der Waals surface area contributed by atoms with E-state index >= 15 is 0 Å². The molecule has 0 spiro atoms. The second-order valence-electron chi connectivity index (χ2n) is 4.96. The largest absolute Gasteiger partial charge is 0.480 e. The van der Waals surface area contributed by atoms with Crippen molar-refractivity contribution in [3.63, 3.8) is 0 Å². The highest BCUT2D eigenvalue weighted by atomic mass is 35.5. The number of amides is 2. The number of hydrogen-bond acceptors (Lipinski definition) is 3. The minimum absolute atomic E-state index is 0.254. The number of piperazine rings is 1. The third kappa shape index (κ3) is 3.78. The summed E-state index contributed by atoms with van der Waals surface area (Å²) in [5, 5.41) is 9.41.